The lowest BCUT2D eigenvalue weighted by atomic mass is 10.2. The van der Waals surface area contributed by atoms with E-state index in [0.29, 0.717) is 13.1 Å². The van der Waals surface area contributed by atoms with Gasteiger partial charge in [-0.15, -0.1) is 6.58 Å². The predicted octanol–water partition coefficient (Wildman–Crippen LogP) is 1.15. The Bertz CT molecular complexity index is 464. The number of carbonyl (C=O) groups is 1. The van der Waals surface area contributed by atoms with Crippen LogP contribution >= 0.6 is 0 Å². The van der Waals surface area contributed by atoms with E-state index in [-0.39, 0.29) is 5.91 Å². The van der Waals surface area contributed by atoms with Gasteiger partial charge in [0.15, 0.2) is 0 Å². The van der Waals surface area contributed by atoms with Crippen LogP contribution in [0.5, 0.6) is 0 Å². The summed E-state index contributed by atoms with van der Waals surface area (Å²) in [5.41, 5.74) is 2.05. The van der Waals surface area contributed by atoms with Crippen LogP contribution in [0.3, 0.4) is 0 Å². The predicted molar refractivity (Wildman–Crippen MR) is 87.8 cm³/mol. The van der Waals surface area contributed by atoms with Gasteiger partial charge in [-0.3, -0.25) is 4.79 Å². The quantitative estimate of drug-likeness (QED) is 0.609. The third-order valence-corrected chi connectivity index (χ3v) is 3.59. The smallest absolute Gasteiger partial charge is 0.238 e. The summed E-state index contributed by atoms with van der Waals surface area (Å²) >= 11 is 0. The Hall–Kier alpha value is -1.85. The van der Waals surface area contributed by atoms with Gasteiger partial charge in [0.25, 0.3) is 0 Å². The lowest BCUT2D eigenvalue weighted by molar-refractivity contribution is -0.115. The first-order valence-corrected chi connectivity index (χ1v) is 7.34. The van der Waals surface area contributed by atoms with E-state index in [0.717, 1.165) is 31.9 Å². The highest BCUT2D eigenvalue weighted by Crippen LogP contribution is 2.19. The first-order chi connectivity index (χ1) is 10.2. The molecule has 0 unspecified atom stereocenters. The van der Waals surface area contributed by atoms with Gasteiger partial charge in [0, 0.05) is 44.1 Å². The Balaban J connectivity index is 1.84. The molecule has 0 atom stereocenters. The Labute approximate surface area is 126 Å². The summed E-state index contributed by atoms with van der Waals surface area (Å²) in [4.78, 5) is 16.4. The molecule has 0 aliphatic carbocycles. The van der Waals surface area contributed by atoms with Crippen LogP contribution in [-0.2, 0) is 4.79 Å². The van der Waals surface area contributed by atoms with Crippen LogP contribution in [0, 0.1) is 0 Å². The number of hydrogen-bond donors (Lipinski definition) is 2. The molecule has 1 aromatic rings. The summed E-state index contributed by atoms with van der Waals surface area (Å²) in [7, 11) is 2.15. The minimum atomic E-state index is -0.0378. The number of piperazine rings is 1. The van der Waals surface area contributed by atoms with Crippen molar-refractivity contribution in [1.82, 2.24) is 10.2 Å². The summed E-state index contributed by atoms with van der Waals surface area (Å²) in [5, 5.41) is 5.85. The molecule has 5 heteroatoms. The standard InChI is InChI=1S/C16H24N4O/c1-3-8-17-13-16(21)18-14-4-6-15(7-5-14)20-11-9-19(2)10-12-20/h3-7,17H,1,8-13H2,2H3,(H,18,21). The highest BCUT2D eigenvalue weighted by Gasteiger charge is 2.14. The fourth-order valence-corrected chi connectivity index (χ4v) is 2.31. The molecular weight excluding hydrogens is 264 g/mol. The maximum Gasteiger partial charge on any atom is 0.238 e. The fourth-order valence-electron chi connectivity index (χ4n) is 2.31. The van der Waals surface area contributed by atoms with Crippen molar-refractivity contribution in [2.45, 2.75) is 0 Å². The molecule has 1 aliphatic heterocycles. The second kappa shape index (κ2) is 7.81. The minimum absolute atomic E-state index is 0.0378. The zero-order valence-corrected chi connectivity index (χ0v) is 12.6. The number of rotatable bonds is 6. The topological polar surface area (TPSA) is 47.6 Å². The zero-order chi connectivity index (χ0) is 15.1. The Morgan fingerprint density at radius 3 is 2.52 bits per heavy atom. The van der Waals surface area contributed by atoms with E-state index in [1.807, 2.05) is 12.1 Å². The lowest BCUT2D eigenvalue weighted by Gasteiger charge is -2.34. The van der Waals surface area contributed by atoms with E-state index in [1.54, 1.807) is 6.08 Å². The molecular formula is C16H24N4O. The van der Waals surface area contributed by atoms with E-state index in [2.05, 4.69) is 46.2 Å². The molecule has 21 heavy (non-hydrogen) atoms. The third kappa shape index (κ3) is 4.88. The molecule has 0 aromatic heterocycles. The summed E-state index contributed by atoms with van der Waals surface area (Å²) in [6.45, 7) is 8.81. The van der Waals surface area contributed by atoms with Crippen LogP contribution in [0.15, 0.2) is 36.9 Å². The number of benzene rings is 1. The highest BCUT2D eigenvalue weighted by atomic mass is 16.1. The van der Waals surface area contributed by atoms with E-state index in [4.69, 9.17) is 0 Å². The van der Waals surface area contributed by atoms with Gasteiger partial charge in [0.05, 0.1) is 6.54 Å². The normalized spacial score (nSPS) is 15.8. The van der Waals surface area contributed by atoms with Crippen molar-refractivity contribution >= 4 is 17.3 Å². The fraction of sp³-hybridized carbons (Fsp3) is 0.438. The van der Waals surface area contributed by atoms with Gasteiger partial charge < -0.3 is 20.4 Å². The van der Waals surface area contributed by atoms with Gasteiger partial charge in [0.1, 0.15) is 0 Å². The lowest BCUT2D eigenvalue weighted by Crippen LogP contribution is -2.44. The summed E-state index contributed by atoms with van der Waals surface area (Å²) in [5.74, 6) is -0.0378. The molecule has 1 fully saturated rings. The van der Waals surface area contributed by atoms with Crippen molar-refractivity contribution in [2.75, 3.05) is 56.5 Å². The number of hydrogen-bond acceptors (Lipinski definition) is 4. The zero-order valence-electron chi connectivity index (χ0n) is 12.6. The second-order valence-electron chi connectivity index (χ2n) is 5.30. The van der Waals surface area contributed by atoms with Crippen LogP contribution in [-0.4, -0.2) is 57.1 Å². The number of nitrogens with one attached hydrogen (secondary N) is 2. The van der Waals surface area contributed by atoms with Crippen LogP contribution in [0.25, 0.3) is 0 Å². The third-order valence-electron chi connectivity index (χ3n) is 3.59. The molecule has 0 radical (unpaired) electrons. The van der Waals surface area contributed by atoms with E-state index < -0.39 is 0 Å². The van der Waals surface area contributed by atoms with Crippen molar-refractivity contribution in [2.24, 2.45) is 0 Å². The van der Waals surface area contributed by atoms with Crippen LogP contribution < -0.4 is 15.5 Å². The van der Waals surface area contributed by atoms with Gasteiger partial charge in [-0.1, -0.05) is 6.08 Å². The molecule has 0 bridgehead atoms. The maximum atomic E-state index is 11.7. The van der Waals surface area contributed by atoms with Crippen molar-refractivity contribution < 1.29 is 4.79 Å². The van der Waals surface area contributed by atoms with Crippen LogP contribution in [0.2, 0.25) is 0 Å². The molecule has 2 N–H and O–H groups in total. The highest BCUT2D eigenvalue weighted by molar-refractivity contribution is 5.92. The Morgan fingerprint density at radius 2 is 1.90 bits per heavy atom. The van der Waals surface area contributed by atoms with Crippen LogP contribution in [0.4, 0.5) is 11.4 Å². The minimum Gasteiger partial charge on any atom is -0.369 e. The first-order valence-electron chi connectivity index (χ1n) is 7.34. The molecule has 0 spiro atoms. The van der Waals surface area contributed by atoms with Gasteiger partial charge in [-0.25, -0.2) is 0 Å². The Kier molecular flexibility index (Phi) is 5.78. The SMILES string of the molecule is C=CCNCC(=O)Nc1ccc(N2CCN(C)CC2)cc1. The van der Waals surface area contributed by atoms with Crippen molar-refractivity contribution in [3.05, 3.63) is 36.9 Å². The molecule has 0 saturated carbocycles. The van der Waals surface area contributed by atoms with Gasteiger partial charge in [-0.05, 0) is 31.3 Å². The number of carbonyl (C=O) groups excluding carboxylic acids is 1. The van der Waals surface area contributed by atoms with E-state index in [9.17, 15) is 4.79 Å². The number of likely N-dealkylation sites (N-methyl/N-ethyl adjacent to an activating group) is 1. The second-order valence-corrected chi connectivity index (χ2v) is 5.30. The molecule has 114 valence electrons. The molecule has 1 aromatic carbocycles. The number of anilines is 2. The first kappa shape index (κ1) is 15.5. The van der Waals surface area contributed by atoms with E-state index in [1.165, 1.54) is 5.69 Å². The van der Waals surface area contributed by atoms with Gasteiger partial charge in [0.2, 0.25) is 5.91 Å². The molecule has 1 aliphatic rings. The average Bonchev–Trinajstić information content (AvgIpc) is 2.49. The molecule has 5 nitrogen and oxygen atoms in total. The Morgan fingerprint density at radius 1 is 1.24 bits per heavy atom. The molecule has 1 amide bonds. The van der Waals surface area contributed by atoms with Crippen molar-refractivity contribution in [1.29, 1.82) is 0 Å². The van der Waals surface area contributed by atoms with Crippen LogP contribution in [0.1, 0.15) is 0 Å². The number of nitrogens with zero attached hydrogens (tertiary/aromatic N) is 2. The molecule has 1 heterocycles. The summed E-state index contributed by atoms with van der Waals surface area (Å²) in [6, 6.07) is 8.05. The largest absolute Gasteiger partial charge is 0.369 e. The van der Waals surface area contributed by atoms with Crippen molar-refractivity contribution in [3.8, 4) is 0 Å². The monoisotopic (exact) mass is 288 g/mol. The summed E-state index contributed by atoms with van der Waals surface area (Å²) in [6.07, 6.45) is 1.73. The maximum absolute atomic E-state index is 11.7. The molecule has 1 saturated heterocycles. The van der Waals surface area contributed by atoms with Gasteiger partial charge in [-0.2, -0.15) is 0 Å². The summed E-state index contributed by atoms with van der Waals surface area (Å²) < 4.78 is 0. The average molecular weight is 288 g/mol. The van der Waals surface area contributed by atoms with E-state index >= 15 is 0 Å². The van der Waals surface area contributed by atoms with Crippen molar-refractivity contribution in [3.63, 3.8) is 0 Å². The molecule has 2 rings (SSSR count). The van der Waals surface area contributed by atoms with Gasteiger partial charge >= 0.3 is 0 Å². The number of amides is 1.